The van der Waals surface area contributed by atoms with Crippen molar-refractivity contribution in [3.63, 3.8) is 0 Å². The minimum Gasteiger partial charge on any atom is -0.492 e. The van der Waals surface area contributed by atoms with E-state index >= 15 is 0 Å². The van der Waals surface area contributed by atoms with Crippen LogP contribution in [0.1, 0.15) is 49.3 Å². The van der Waals surface area contributed by atoms with Crippen LogP contribution in [0.3, 0.4) is 0 Å². The zero-order chi connectivity index (χ0) is 14.1. The van der Waals surface area contributed by atoms with Gasteiger partial charge in [0.05, 0.1) is 0 Å². The normalized spacial score (nSPS) is 10.7. The number of unbranched alkanes of at least 4 members (excludes halogenated alkanes) is 3. The summed E-state index contributed by atoms with van der Waals surface area (Å²) in [6.45, 7) is 11.4. The first kappa shape index (κ1) is 16.0. The molecule has 0 aliphatic carbocycles. The molecule has 0 saturated carbocycles. The Balaban J connectivity index is 2.21. The molecule has 0 atom stereocenters. The summed E-state index contributed by atoms with van der Waals surface area (Å²) in [5.41, 5.74) is 3.79. The maximum Gasteiger partial charge on any atom is 0.125 e. The number of rotatable bonds is 9. The Morgan fingerprint density at radius 3 is 2.42 bits per heavy atom. The van der Waals surface area contributed by atoms with Crippen LogP contribution < -0.4 is 10.1 Å². The van der Waals surface area contributed by atoms with Crippen LogP contribution in [0.25, 0.3) is 0 Å². The molecule has 0 bridgehead atoms. The number of nitrogens with one attached hydrogen (secondary N) is 1. The van der Waals surface area contributed by atoms with Crippen molar-refractivity contribution < 1.29 is 4.74 Å². The highest BCUT2D eigenvalue weighted by atomic mass is 16.5. The molecule has 1 rings (SSSR count). The van der Waals surface area contributed by atoms with Crippen LogP contribution in [0, 0.1) is 20.8 Å². The number of ether oxygens (including phenoxy) is 1. The summed E-state index contributed by atoms with van der Waals surface area (Å²) in [6, 6.07) is 4.29. The zero-order valence-electron chi connectivity index (χ0n) is 13.0. The Morgan fingerprint density at radius 1 is 0.947 bits per heavy atom. The Bertz CT molecular complexity index is 374. The first-order chi connectivity index (χ1) is 9.16. The Hall–Kier alpha value is -1.02. The Labute approximate surface area is 118 Å². The summed E-state index contributed by atoms with van der Waals surface area (Å²) in [6.07, 6.45) is 5.26. The summed E-state index contributed by atoms with van der Waals surface area (Å²) in [5, 5.41) is 3.44. The first-order valence-corrected chi connectivity index (χ1v) is 7.57. The van der Waals surface area contributed by atoms with Crippen molar-refractivity contribution in [2.75, 3.05) is 19.7 Å². The third-order valence-electron chi connectivity index (χ3n) is 3.61. The summed E-state index contributed by atoms with van der Waals surface area (Å²) in [5.74, 6) is 1.06. The van der Waals surface area contributed by atoms with Crippen LogP contribution in [0.2, 0.25) is 0 Å². The van der Waals surface area contributed by atoms with Gasteiger partial charge < -0.3 is 10.1 Å². The Morgan fingerprint density at radius 2 is 1.68 bits per heavy atom. The maximum absolute atomic E-state index is 5.91. The molecule has 0 aliphatic heterocycles. The third kappa shape index (κ3) is 5.65. The van der Waals surface area contributed by atoms with Gasteiger partial charge in [-0.3, -0.25) is 0 Å². The fourth-order valence-corrected chi connectivity index (χ4v) is 2.17. The SMILES string of the molecule is CCCCCCNCCOc1c(C)ccc(C)c1C. The minimum absolute atomic E-state index is 0.749. The van der Waals surface area contributed by atoms with Gasteiger partial charge >= 0.3 is 0 Å². The van der Waals surface area contributed by atoms with Gasteiger partial charge in [0, 0.05) is 6.54 Å². The van der Waals surface area contributed by atoms with Gasteiger partial charge in [-0.15, -0.1) is 0 Å². The van der Waals surface area contributed by atoms with Crippen molar-refractivity contribution in [2.24, 2.45) is 0 Å². The number of aryl methyl sites for hydroxylation is 2. The van der Waals surface area contributed by atoms with Gasteiger partial charge in [0.15, 0.2) is 0 Å². The van der Waals surface area contributed by atoms with E-state index in [4.69, 9.17) is 4.74 Å². The monoisotopic (exact) mass is 263 g/mol. The predicted molar refractivity (Wildman–Crippen MR) is 83.2 cm³/mol. The van der Waals surface area contributed by atoms with Crippen LogP contribution in [-0.2, 0) is 0 Å². The highest BCUT2D eigenvalue weighted by Gasteiger charge is 2.05. The largest absolute Gasteiger partial charge is 0.492 e. The van der Waals surface area contributed by atoms with E-state index in [-0.39, 0.29) is 0 Å². The van der Waals surface area contributed by atoms with Crippen LogP contribution in [0.4, 0.5) is 0 Å². The van der Waals surface area contributed by atoms with Gasteiger partial charge in [0.25, 0.3) is 0 Å². The number of benzene rings is 1. The molecule has 0 fully saturated rings. The molecule has 1 aromatic rings. The van der Waals surface area contributed by atoms with E-state index in [9.17, 15) is 0 Å². The molecule has 0 radical (unpaired) electrons. The van der Waals surface area contributed by atoms with E-state index in [1.54, 1.807) is 0 Å². The molecule has 0 amide bonds. The van der Waals surface area contributed by atoms with Crippen molar-refractivity contribution in [2.45, 2.75) is 53.4 Å². The van der Waals surface area contributed by atoms with Gasteiger partial charge in [-0.05, 0) is 50.4 Å². The topological polar surface area (TPSA) is 21.3 Å². The van der Waals surface area contributed by atoms with E-state index in [2.05, 4.69) is 45.1 Å². The fraction of sp³-hybridized carbons (Fsp3) is 0.647. The van der Waals surface area contributed by atoms with Gasteiger partial charge in [0.1, 0.15) is 12.4 Å². The van der Waals surface area contributed by atoms with Crippen molar-refractivity contribution in [3.8, 4) is 5.75 Å². The first-order valence-electron chi connectivity index (χ1n) is 7.57. The van der Waals surface area contributed by atoms with Crippen molar-refractivity contribution in [3.05, 3.63) is 28.8 Å². The fourth-order valence-electron chi connectivity index (χ4n) is 2.17. The molecule has 19 heavy (non-hydrogen) atoms. The number of hydrogen-bond donors (Lipinski definition) is 1. The molecule has 0 heterocycles. The van der Waals surface area contributed by atoms with E-state index in [0.29, 0.717) is 0 Å². The smallest absolute Gasteiger partial charge is 0.125 e. The molecule has 1 N–H and O–H groups in total. The number of hydrogen-bond acceptors (Lipinski definition) is 2. The summed E-state index contributed by atoms with van der Waals surface area (Å²) >= 11 is 0. The van der Waals surface area contributed by atoms with Crippen LogP contribution in [-0.4, -0.2) is 19.7 Å². The second kappa shape index (κ2) is 8.98. The highest BCUT2D eigenvalue weighted by molar-refractivity contribution is 5.44. The van der Waals surface area contributed by atoms with E-state index in [0.717, 1.165) is 25.4 Å². The molecule has 0 unspecified atom stereocenters. The molecule has 0 aromatic heterocycles. The molecule has 0 saturated heterocycles. The quantitative estimate of drug-likeness (QED) is 0.675. The zero-order valence-corrected chi connectivity index (χ0v) is 13.0. The second-order valence-electron chi connectivity index (χ2n) is 5.31. The van der Waals surface area contributed by atoms with Gasteiger partial charge in [-0.2, -0.15) is 0 Å². The minimum atomic E-state index is 0.749. The van der Waals surface area contributed by atoms with E-state index in [1.165, 1.54) is 42.4 Å². The average Bonchev–Trinajstić information content (AvgIpc) is 2.40. The van der Waals surface area contributed by atoms with Crippen molar-refractivity contribution in [1.29, 1.82) is 0 Å². The second-order valence-corrected chi connectivity index (χ2v) is 5.31. The lowest BCUT2D eigenvalue weighted by molar-refractivity contribution is 0.309. The lowest BCUT2D eigenvalue weighted by Crippen LogP contribution is -2.22. The molecule has 0 spiro atoms. The average molecular weight is 263 g/mol. The van der Waals surface area contributed by atoms with Gasteiger partial charge in [-0.25, -0.2) is 0 Å². The lowest BCUT2D eigenvalue weighted by atomic mass is 10.1. The summed E-state index contributed by atoms with van der Waals surface area (Å²) < 4.78 is 5.91. The molecule has 0 aliphatic rings. The molecule has 2 heteroatoms. The lowest BCUT2D eigenvalue weighted by Gasteiger charge is -2.14. The highest BCUT2D eigenvalue weighted by Crippen LogP contribution is 2.25. The van der Waals surface area contributed by atoms with Crippen molar-refractivity contribution >= 4 is 0 Å². The molecular weight excluding hydrogens is 234 g/mol. The molecule has 108 valence electrons. The van der Waals surface area contributed by atoms with Crippen LogP contribution in [0.5, 0.6) is 5.75 Å². The molecular formula is C17H29NO. The van der Waals surface area contributed by atoms with Gasteiger partial charge in [-0.1, -0.05) is 38.3 Å². The van der Waals surface area contributed by atoms with E-state index < -0.39 is 0 Å². The third-order valence-corrected chi connectivity index (χ3v) is 3.61. The van der Waals surface area contributed by atoms with Gasteiger partial charge in [0.2, 0.25) is 0 Å². The van der Waals surface area contributed by atoms with Crippen LogP contribution in [0.15, 0.2) is 12.1 Å². The standard InChI is InChI=1S/C17H29NO/c1-5-6-7-8-11-18-12-13-19-17-15(3)10-9-14(2)16(17)4/h9-10,18H,5-8,11-13H2,1-4H3. The molecule has 1 aromatic carbocycles. The predicted octanol–water partition coefficient (Wildman–Crippen LogP) is 4.16. The van der Waals surface area contributed by atoms with E-state index in [1.807, 2.05) is 0 Å². The van der Waals surface area contributed by atoms with Crippen LogP contribution >= 0.6 is 0 Å². The maximum atomic E-state index is 5.91. The summed E-state index contributed by atoms with van der Waals surface area (Å²) in [7, 11) is 0. The van der Waals surface area contributed by atoms with Crippen molar-refractivity contribution in [1.82, 2.24) is 5.32 Å². The summed E-state index contributed by atoms with van der Waals surface area (Å²) in [4.78, 5) is 0. The molecule has 2 nitrogen and oxygen atoms in total. The Kier molecular flexibility index (Phi) is 7.57.